The molecule has 0 fully saturated rings. The van der Waals surface area contributed by atoms with E-state index in [9.17, 15) is 14.2 Å². The second-order valence-corrected chi connectivity index (χ2v) is 10.4. The molecule has 0 heterocycles. The number of unbranched alkanes of at least 4 members (excludes halogenated alkanes) is 12. The largest absolute Gasteiger partial charge is 0.380 e. The van der Waals surface area contributed by atoms with Crippen molar-refractivity contribution in [3.63, 3.8) is 0 Å². The average molecular weight is 402 g/mol. The average Bonchev–Trinajstić information content (AvgIpc) is 2.48. The minimum Gasteiger partial charge on any atom is -0.380 e. The topological polar surface area (TPSA) is 135 Å². The Labute approximate surface area is 151 Å². The van der Waals surface area contributed by atoms with Crippen molar-refractivity contribution in [1.29, 1.82) is 0 Å². The lowest BCUT2D eigenvalue weighted by Gasteiger charge is -2.11. The quantitative estimate of drug-likeness (QED) is 0.182. The maximum Gasteiger partial charge on any atom is 0.353 e. The lowest BCUT2D eigenvalue weighted by Crippen LogP contribution is -2.06. The van der Waals surface area contributed by atoms with Crippen molar-refractivity contribution in [3.8, 4) is 0 Å². The number of aliphatic hydroxyl groups excluding tert-OH is 1. The van der Waals surface area contributed by atoms with Crippen LogP contribution in [0.2, 0.25) is 0 Å². The molecule has 0 aromatic heterocycles. The second-order valence-electron chi connectivity index (χ2n) is 6.84. The highest BCUT2D eigenvalue weighted by Gasteiger charge is 2.24. The molecule has 0 spiro atoms. The van der Waals surface area contributed by atoms with Gasteiger partial charge in [0.15, 0.2) is 5.85 Å². The highest BCUT2D eigenvalue weighted by molar-refractivity contribution is 7.52. The molecule has 0 amide bonds. The molecular formula is C16H36O7P2. The van der Waals surface area contributed by atoms with E-state index in [-0.39, 0.29) is 12.6 Å². The molecule has 1 unspecified atom stereocenters. The van der Waals surface area contributed by atoms with Crippen LogP contribution in [0.3, 0.4) is 0 Å². The fraction of sp³-hybridized carbons (Fsp3) is 1.00. The van der Waals surface area contributed by atoms with Gasteiger partial charge in [-0.2, -0.15) is 0 Å². The zero-order valence-electron chi connectivity index (χ0n) is 15.1. The Kier molecular flexibility index (Phi) is 14.5. The summed E-state index contributed by atoms with van der Waals surface area (Å²) >= 11 is 0. The van der Waals surface area contributed by atoms with Crippen molar-refractivity contribution >= 4 is 15.2 Å². The first kappa shape index (κ1) is 25.3. The van der Waals surface area contributed by atoms with E-state index in [1.165, 1.54) is 32.1 Å². The Morgan fingerprint density at radius 3 is 1.20 bits per heavy atom. The minimum absolute atomic E-state index is 0.00523. The fourth-order valence-electron chi connectivity index (χ4n) is 2.76. The molecule has 0 saturated heterocycles. The number of hydrogen-bond acceptors (Lipinski definition) is 3. The smallest absolute Gasteiger partial charge is 0.353 e. The van der Waals surface area contributed by atoms with Gasteiger partial charge in [0.05, 0.1) is 0 Å². The third-order valence-corrected chi connectivity index (χ3v) is 6.23. The van der Waals surface area contributed by atoms with Crippen LogP contribution in [0.1, 0.15) is 89.9 Å². The predicted octanol–water partition coefficient (Wildman–Crippen LogP) is 4.12. The van der Waals surface area contributed by atoms with Gasteiger partial charge in [0.2, 0.25) is 0 Å². The minimum atomic E-state index is -4.33. The van der Waals surface area contributed by atoms with Gasteiger partial charge in [0.25, 0.3) is 0 Å². The molecule has 5 N–H and O–H groups in total. The molecular weight excluding hydrogens is 366 g/mol. The van der Waals surface area contributed by atoms with Gasteiger partial charge in [-0.3, -0.25) is 9.13 Å². The van der Waals surface area contributed by atoms with Crippen molar-refractivity contribution < 1.29 is 33.8 Å². The number of hydrogen-bond donors (Lipinski definition) is 5. The summed E-state index contributed by atoms with van der Waals surface area (Å²) in [5, 5.41) is 9.21. The van der Waals surface area contributed by atoms with Gasteiger partial charge in [0, 0.05) is 6.16 Å². The molecule has 0 aromatic carbocycles. The molecule has 1 atom stereocenters. The maximum absolute atomic E-state index is 10.7. The highest BCUT2D eigenvalue weighted by atomic mass is 31.2. The van der Waals surface area contributed by atoms with Gasteiger partial charge in [-0.25, -0.2) is 0 Å². The van der Waals surface area contributed by atoms with E-state index in [1.54, 1.807) is 0 Å². The van der Waals surface area contributed by atoms with Crippen molar-refractivity contribution in [2.45, 2.75) is 95.7 Å². The van der Waals surface area contributed by atoms with Crippen molar-refractivity contribution in [3.05, 3.63) is 0 Å². The third kappa shape index (κ3) is 18.8. The molecule has 7 nitrogen and oxygen atoms in total. The van der Waals surface area contributed by atoms with Crippen molar-refractivity contribution in [1.82, 2.24) is 0 Å². The lowest BCUT2D eigenvalue weighted by molar-refractivity contribution is 0.190. The molecule has 0 aliphatic carbocycles. The molecule has 0 aromatic rings. The molecule has 0 aliphatic heterocycles. The van der Waals surface area contributed by atoms with Crippen LogP contribution >= 0.6 is 15.2 Å². The van der Waals surface area contributed by atoms with E-state index < -0.39 is 21.0 Å². The van der Waals surface area contributed by atoms with Gasteiger partial charge in [-0.15, -0.1) is 0 Å². The summed E-state index contributed by atoms with van der Waals surface area (Å²) in [6, 6.07) is 0. The van der Waals surface area contributed by atoms with Crippen molar-refractivity contribution in [2.75, 3.05) is 6.16 Å². The predicted molar refractivity (Wildman–Crippen MR) is 99.6 cm³/mol. The molecule has 25 heavy (non-hydrogen) atoms. The molecule has 0 bridgehead atoms. The Hall–Kier alpha value is 0.260. The summed E-state index contributed by atoms with van der Waals surface area (Å²) in [5.74, 6) is -1.51. The first-order valence-electron chi connectivity index (χ1n) is 9.41. The maximum atomic E-state index is 10.7. The van der Waals surface area contributed by atoms with E-state index in [0.29, 0.717) is 12.8 Å². The fourth-order valence-corrected chi connectivity index (χ4v) is 3.91. The summed E-state index contributed by atoms with van der Waals surface area (Å²) in [4.78, 5) is 35.0. The zero-order valence-corrected chi connectivity index (χ0v) is 16.9. The number of aliphatic hydroxyl groups is 1. The van der Waals surface area contributed by atoms with E-state index in [1.807, 2.05) is 0 Å². The van der Waals surface area contributed by atoms with Gasteiger partial charge in [-0.05, 0) is 12.8 Å². The summed E-state index contributed by atoms with van der Waals surface area (Å²) in [6.07, 6.45) is 13.5. The molecule has 0 aliphatic rings. The van der Waals surface area contributed by atoms with Crippen LogP contribution in [0.15, 0.2) is 0 Å². The van der Waals surface area contributed by atoms with Crippen LogP contribution in [0.5, 0.6) is 0 Å². The number of rotatable bonds is 17. The van der Waals surface area contributed by atoms with E-state index in [4.69, 9.17) is 19.6 Å². The highest BCUT2D eigenvalue weighted by Crippen LogP contribution is 2.41. The van der Waals surface area contributed by atoms with Crippen LogP contribution in [0.4, 0.5) is 0 Å². The first-order chi connectivity index (χ1) is 11.6. The van der Waals surface area contributed by atoms with Crippen LogP contribution < -0.4 is 0 Å². The van der Waals surface area contributed by atoms with Crippen LogP contribution in [0, 0.1) is 0 Å². The van der Waals surface area contributed by atoms with E-state index >= 15 is 0 Å². The molecule has 152 valence electrons. The Morgan fingerprint density at radius 1 is 0.560 bits per heavy atom. The third-order valence-electron chi connectivity index (χ3n) is 4.30. The van der Waals surface area contributed by atoms with Gasteiger partial charge < -0.3 is 24.7 Å². The van der Waals surface area contributed by atoms with E-state index in [2.05, 4.69) is 0 Å². The summed E-state index contributed by atoms with van der Waals surface area (Å²) in [7, 11) is -8.14. The van der Waals surface area contributed by atoms with Gasteiger partial charge in [0.1, 0.15) is 0 Å². The molecule has 0 radical (unpaired) electrons. The van der Waals surface area contributed by atoms with Crippen LogP contribution in [-0.2, 0) is 9.13 Å². The normalized spacial score (nSPS) is 14.0. The Bertz CT molecular complexity index is 405. The van der Waals surface area contributed by atoms with Gasteiger partial charge in [-0.1, -0.05) is 77.0 Å². The van der Waals surface area contributed by atoms with Crippen LogP contribution in [-0.4, -0.2) is 36.7 Å². The SMILES string of the molecule is O=P(O)(O)CCCCCCCCCCCCCCCC(O)P(=O)(O)O. The lowest BCUT2D eigenvalue weighted by atomic mass is 10.0. The molecule has 0 saturated carbocycles. The zero-order chi connectivity index (χ0) is 19.2. The van der Waals surface area contributed by atoms with E-state index in [0.717, 1.165) is 38.5 Å². The first-order valence-corrected chi connectivity index (χ1v) is 12.9. The second kappa shape index (κ2) is 14.3. The monoisotopic (exact) mass is 402 g/mol. The van der Waals surface area contributed by atoms with Crippen LogP contribution in [0.25, 0.3) is 0 Å². The van der Waals surface area contributed by atoms with Gasteiger partial charge >= 0.3 is 15.2 Å². The summed E-state index contributed by atoms with van der Waals surface area (Å²) < 4.78 is 21.4. The van der Waals surface area contributed by atoms with Crippen molar-refractivity contribution in [2.24, 2.45) is 0 Å². The Balaban J connectivity index is 3.19. The summed E-state index contributed by atoms with van der Waals surface area (Å²) in [6.45, 7) is 0. The molecule has 9 heteroatoms. The Morgan fingerprint density at radius 2 is 0.880 bits per heavy atom. The molecule has 0 rings (SSSR count). The summed E-state index contributed by atoms with van der Waals surface area (Å²) in [5.41, 5.74) is 0. The standard InChI is InChI=1S/C16H36O7P2/c17-16(25(21,22)23)14-12-10-8-6-4-2-1-3-5-7-9-11-13-15-24(18,19)20/h16-17H,1-15H2,(H2,18,19,20)(H2,21,22,23).